The van der Waals surface area contributed by atoms with Gasteiger partial charge < -0.3 is 5.73 Å². The van der Waals surface area contributed by atoms with Crippen molar-refractivity contribution >= 4 is 9.84 Å². The van der Waals surface area contributed by atoms with Gasteiger partial charge in [0.05, 0.1) is 4.75 Å². The van der Waals surface area contributed by atoms with E-state index in [9.17, 15) is 8.42 Å². The molecule has 1 unspecified atom stereocenters. The third-order valence-corrected chi connectivity index (χ3v) is 5.70. The molecule has 0 aliphatic rings. The Morgan fingerprint density at radius 1 is 1.42 bits per heavy atom. The fourth-order valence-electron chi connectivity index (χ4n) is 1.66. The number of hydrogen-bond acceptors (Lipinski definition) is 5. The van der Waals surface area contributed by atoms with Gasteiger partial charge in [-0.2, -0.15) is 5.10 Å². The number of sulfone groups is 1. The van der Waals surface area contributed by atoms with Crippen LogP contribution in [0, 0.1) is 5.92 Å². The number of nitrogens with zero attached hydrogens (tertiary/aromatic N) is 3. The van der Waals surface area contributed by atoms with Gasteiger partial charge in [-0.15, -0.1) is 0 Å². The first-order valence-electron chi connectivity index (χ1n) is 6.37. The average molecular weight is 288 g/mol. The fourth-order valence-corrected chi connectivity index (χ4v) is 2.30. The molecule has 0 amide bonds. The van der Waals surface area contributed by atoms with E-state index in [1.165, 1.54) is 12.6 Å². The highest BCUT2D eigenvalue weighted by Gasteiger charge is 2.37. The van der Waals surface area contributed by atoms with Gasteiger partial charge in [0.1, 0.15) is 12.2 Å². The maximum absolute atomic E-state index is 11.8. The van der Waals surface area contributed by atoms with Gasteiger partial charge in [0.25, 0.3) is 0 Å². The summed E-state index contributed by atoms with van der Waals surface area (Å²) in [5, 5.41) is 4.15. The van der Waals surface area contributed by atoms with Crippen LogP contribution in [0.2, 0.25) is 0 Å². The molecule has 0 fully saturated rings. The van der Waals surface area contributed by atoms with Crippen molar-refractivity contribution in [1.82, 2.24) is 14.8 Å². The van der Waals surface area contributed by atoms with E-state index in [1.54, 1.807) is 18.5 Å². The maximum Gasteiger partial charge on any atom is 0.154 e. The number of aromatic nitrogens is 3. The van der Waals surface area contributed by atoms with Crippen molar-refractivity contribution < 1.29 is 8.42 Å². The van der Waals surface area contributed by atoms with Gasteiger partial charge in [-0.1, -0.05) is 13.8 Å². The topological polar surface area (TPSA) is 90.9 Å². The Labute approximate surface area is 115 Å². The molecule has 0 bridgehead atoms. The highest BCUT2D eigenvalue weighted by Crippen LogP contribution is 2.21. The standard InChI is InChI=1S/C12H24N4O2S/c1-9(2)7-16-11(14-8-15-16)6-10(13)12(3,4)19(5,17)18/h8-10H,6-7,13H2,1-5H3. The minimum Gasteiger partial charge on any atom is -0.326 e. The number of rotatable bonds is 6. The number of hydrogen-bond donors (Lipinski definition) is 1. The van der Waals surface area contributed by atoms with Crippen molar-refractivity contribution in [3.8, 4) is 0 Å². The molecule has 0 radical (unpaired) electrons. The summed E-state index contributed by atoms with van der Waals surface area (Å²) >= 11 is 0. The van der Waals surface area contributed by atoms with E-state index in [2.05, 4.69) is 23.9 Å². The summed E-state index contributed by atoms with van der Waals surface area (Å²) in [6.07, 6.45) is 3.09. The lowest BCUT2D eigenvalue weighted by Gasteiger charge is -2.29. The van der Waals surface area contributed by atoms with Crippen LogP contribution in [0.25, 0.3) is 0 Å². The van der Waals surface area contributed by atoms with E-state index in [-0.39, 0.29) is 0 Å². The van der Waals surface area contributed by atoms with Crippen molar-refractivity contribution in [2.24, 2.45) is 11.7 Å². The van der Waals surface area contributed by atoms with Crippen LogP contribution in [-0.2, 0) is 22.8 Å². The lowest BCUT2D eigenvalue weighted by atomic mass is 10.0. The minimum absolute atomic E-state index is 0.396. The van der Waals surface area contributed by atoms with Crippen LogP contribution < -0.4 is 5.73 Å². The maximum atomic E-state index is 11.8. The van der Waals surface area contributed by atoms with E-state index in [0.717, 1.165) is 12.4 Å². The molecule has 0 aromatic carbocycles. The summed E-state index contributed by atoms with van der Waals surface area (Å²) in [5.74, 6) is 1.18. The SMILES string of the molecule is CC(C)Cn1ncnc1CC(N)C(C)(C)S(C)(=O)=O. The van der Waals surface area contributed by atoms with Gasteiger partial charge in [-0.25, -0.2) is 18.1 Å². The normalized spacial score (nSPS) is 14.9. The number of nitrogens with two attached hydrogens (primary N) is 1. The smallest absolute Gasteiger partial charge is 0.154 e. The van der Waals surface area contributed by atoms with Crippen LogP contribution >= 0.6 is 0 Å². The van der Waals surface area contributed by atoms with E-state index in [1.807, 2.05) is 0 Å². The highest BCUT2D eigenvalue weighted by molar-refractivity contribution is 7.92. The Balaban J connectivity index is 2.89. The molecule has 1 aromatic rings. The first-order valence-corrected chi connectivity index (χ1v) is 8.26. The second-order valence-corrected chi connectivity index (χ2v) is 8.53. The van der Waals surface area contributed by atoms with Crippen molar-refractivity contribution in [3.63, 3.8) is 0 Å². The average Bonchev–Trinajstić information content (AvgIpc) is 2.63. The third-order valence-electron chi connectivity index (χ3n) is 3.48. The molecule has 19 heavy (non-hydrogen) atoms. The molecule has 7 heteroatoms. The molecule has 0 spiro atoms. The van der Waals surface area contributed by atoms with E-state index >= 15 is 0 Å². The zero-order valence-corrected chi connectivity index (χ0v) is 13.1. The molecule has 1 atom stereocenters. The largest absolute Gasteiger partial charge is 0.326 e. The van der Waals surface area contributed by atoms with Crippen molar-refractivity contribution in [2.75, 3.05) is 6.26 Å². The van der Waals surface area contributed by atoms with Crippen LogP contribution in [0.15, 0.2) is 6.33 Å². The first-order chi connectivity index (χ1) is 8.55. The fraction of sp³-hybridized carbons (Fsp3) is 0.833. The Kier molecular flexibility index (Phi) is 4.73. The second-order valence-electron chi connectivity index (χ2n) is 5.94. The third kappa shape index (κ3) is 3.76. The molecule has 0 aliphatic heterocycles. The molecule has 2 N–H and O–H groups in total. The van der Waals surface area contributed by atoms with Gasteiger partial charge in [0.2, 0.25) is 0 Å². The quantitative estimate of drug-likeness (QED) is 0.829. The lowest BCUT2D eigenvalue weighted by Crippen LogP contribution is -2.50. The van der Waals surface area contributed by atoms with E-state index in [0.29, 0.717) is 12.3 Å². The molecular weight excluding hydrogens is 264 g/mol. The Hall–Kier alpha value is -0.950. The first kappa shape index (κ1) is 16.1. The Morgan fingerprint density at radius 2 is 2.00 bits per heavy atom. The monoisotopic (exact) mass is 288 g/mol. The Morgan fingerprint density at radius 3 is 2.47 bits per heavy atom. The summed E-state index contributed by atoms with van der Waals surface area (Å²) in [6.45, 7) is 8.23. The second kappa shape index (κ2) is 5.58. The predicted octanol–water partition coefficient (Wildman–Crippen LogP) is 0.627. The van der Waals surface area contributed by atoms with Crippen molar-refractivity contribution in [3.05, 3.63) is 12.2 Å². The van der Waals surface area contributed by atoms with Crippen LogP contribution in [0.1, 0.15) is 33.5 Å². The molecule has 1 aromatic heterocycles. The molecule has 110 valence electrons. The van der Waals surface area contributed by atoms with Crippen LogP contribution in [-0.4, -0.2) is 40.2 Å². The lowest BCUT2D eigenvalue weighted by molar-refractivity contribution is 0.435. The van der Waals surface area contributed by atoms with Gasteiger partial charge in [0.15, 0.2) is 9.84 Å². The van der Waals surface area contributed by atoms with Gasteiger partial charge >= 0.3 is 0 Å². The molecule has 1 heterocycles. The molecule has 0 aliphatic carbocycles. The summed E-state index contributed by atoms with van der Waals surface area (Å²) in [6, 6.07) is -0.516. The molecule has 6 nitrogen and oxygen atoms in total. The van der Waals surface area contributed by atoms with Crippen molar-refractivity contribution in [2.45, 2.75) is 51.4 Å². The van der Waals surface area contributed by atoms with Gasteiger partial charge in [0, 0.05) is 25.3 Å². The van der Waals surface area contributed by atoms with Crippen molar-refractivity contribution in [1.29, 1.82) is 0 Å². The van der Waals surface area contributed by atoms with E-state index in [4.69, 9.17) is 5.73 Å². The zero-order valence-electron chi connectivity index (χ0n) is 12.3. The Bertz CT molecular complexity index is 520. The summed E-state index contributed by atoms with van der Waals surface area (Å²) in [4.78, 5) is 4.18. The summed E-state index contributed by atoms with van der Waals surface area (Å²) in [5.41, 5.74) is 6.07. The van der Waals surface area contributed by atoms with Crippen LogP contribution in [0.5, 0.6) is 0 Å². The summed E-state index contributed by atoms with van der Waals surface area (Å²) < 4.78 is 24.3. The minimum atomic E-state index is -3.22. The van der Waals surface area contributed by atoms with Gasteiger partial charge in [-0.3, -0.25) is 0 Å². The predicted molar refractivity (Wildman–Crippen MR) is 75.5 cm³/mol. The van der Waals surface area contributed by atoms with E-state index < -0.39 is 20.6 Å². The highest BCUT2D eigenvalue weighted by atomic mass is 32.2. The van der Waals surface area contributed by atoms with Crippen LogP contribution in [0.4, 0.5) is 0 Å². The van der Waals surface area contributed by atoms with Gasteiger partial charge in [-0.05, 0) is 19.8 Å². The zero-order chi connectivity index (χ0) is 14.8. The van der Waals surface area contributed by atoms with Crippen LogP contribution in [0.3, 0.4) is 0 Å². The molecule has 1 rings (SSSR count). The molecular formula is C12H24N4O2S. The molecule has 0 saturated heterocycles. The molecule has 0 saturated carbocycles. The summed E-state index contributed by atoms with van der Waals surface area (Å²) in [7, 11) is -3.22.